The minimum Gasteiger partial charge on any atom is -0.461 e. The summed E-state index contributed by atoms with van der Waals surface area (Å²) in [5, 5.41) is 0. The molecule has 0 amide bonds. The van der Waals surface area contributed by atoms with Gasteiger partial charge in [0.15, 0.2) is 0 Å². The molecule has 0 saturated heterocycles. The summed E-state index contributed by atoms with van der Waals surface area (Å²) in [6.45, 7) is 2.97. The van der Waals surface area contributed by atoms with Crippen LogP contribution in [0.2, 0.25) is 0 Å². The van der Waals surface area contributed by atoms with Crippen LogP contribution in [0, 0.1) is 18.8 Å². The van der Waals surface area contributed by atoms with Crippen LogP contribution in [0.5, 0.6) is 0 Å². The van der Waals surface area contributed by atoms with Gasteiger partial charge in [0.05, 0.1) is 10.8 Å². The SMILES string of the molecule is Cc1ccc(S(=O)(=O)O)cc1.NC[C@H]1CC[C@H](C(=O)OCc2ccccc2)CC1. The zero-order chi connectivity index (χ0) is 21.3. The number of hydrogen-bond acceptors (Lipinski definition) is 5. The van der Waals surface area contributed by atoms with Crippen LogP contribution < -0.4 is 5.73 Å². The average Bonchev–Trinajstić information content (AvgIpc) is 2.73. The molecule has 3 rings (SSSR count). The van der Waals surface area contributed by atoms with Gasteiger partial charge in [-0.2, -0.15) is 8.42 Å². The summed E-state index contributed by atoms with van der Waals surface area (Å²) in [6.07, 6.45) is 3.97. The zero-order valence-electron chi connectivity index (χ0n) is 16.7. The maximum absolute atomic E-state index is 11.9. The standard InChI is InChI=1S/C15H21NO2.C7H8O3S/c16-10-12-6-8-14(9-7-12)15(17)18-11-13-4-2-1-3-5-13;1-6-2-4-7(5-3-6)11(8,9)10/h1-5,12,14H,6-11,16H2;2-5H,1H3,(H,8,9,10)/t12-,14-;. The second-order valence-electron chi connectivity index (χ2n) is 7.33. The number of esters is 1. The lowest BCUT2D eigenvalue weighted by Gasteiger charge is -2.26. The third-order valence-electron chi connectivity index (χ3n) is 5.06. The van der Waals surface area contributed by atoms with E-state index in [0.29, 0.717) is 12.5 Å². The molecule has 0 unspecified atom stereocenters. The molecular weight excluding hydrogens is 390 g/mol. The summed E-state index contributed by atoms with van der Waals surface area (Å²) in [7, 11) is -4.02. The molecule has 0 radical (unpaired) electrons. The first-order chi connectivity index (χ1) is 13.8. The number of ether oxygens (including phenoxy) is 1. The van der Waals surface area contributed by atoms with Gasteiger partial charge in [-0.25, -0.2) is 0 Å². The Balaban J connectivity index is 0.000000234. The Morgan fingerprint density at radius 1 is 1.03 bits per heavy atom. The number of carbonyl (C=O) groups is 1. The van der Waals surface area contributed by atoms with Crippen molar-refractivity contribution in [3.05, 3.63) is 65.7 Å². The molecule has 2 aromatic carbocycles. The van der Waals surface area contributed by atoms with Crippen LogP contribution in [-0.4, -0.2) is 25.5 Å². The molecule has 29 heavy (non-hydrogen) atoms. The molecule has 2 aromatic rings. The zero-order valence-corrected chi connectivity index (χ0v) is 17.5. The predicted octanol–water partition coefficient (Wildman–Crippen LogP) is 3.74. The summed E-state index contributed by atoms with van der Waals surface area (Å²) in [5.41, 5.74) is 7.64. The molecule has 7 heteroatoms. The average molecular weight is 420 g/mol. The van der Waals surface area contributed by atoms with E-state index < -0.39 is 10.1 Å². The normalized spacial score (nSPS) is 19.0. The second kappa shape index (κ2) is 11.1. The Hall–Kier alpha value is -2.22. The molecule has 0 aliphatic heterocycles. The Morgan fingerprint density at radius 2 is 1.62 bits per heavy atom. The van der Waals surface area contributed by atoms with Crippen LogP contribution in [0.15, 0.2) is 59.5 Å². The van der Waals surface area contributed by atoms with Crippen LogP contribution in [0.4, 0.5) is 0 Å². The van der Waals surface area contributed by atoms with Crippen molar-refractivity contribution >= 4 is 16.1 Å². The number of carbonyl (C=O) groups excluding carboxylic acids is 1. The van der Waals surface area contributed by atoms with Crippen molar-refractivity contribution in [2.45, 2.75) is 44.1 Å². The fourth-order valence-electron chi connectivity index (χ4n) is 3.19. The molecule has 1 fully saturated rings. The van der Waals surface area contributed by atoms with Crippen LogP contribution in [0.1, 0.15) is 36.8 Å². The van der Waals surface area contributed by atoms with Crippen molar-refractivity contribution in [2.24, 2.45) is 17.6 Å². The molecule has 0 heterocycles. The minimum atomic E-state index is -4.02. The highest BCUT2D eigenvalue weighted by Crippen LogP contribution is 2.29. The minimum absolute atomic E-state index is 0.0469. The Labute approximate surface area is 172 Å². The number of benzene rings is 2. The molecule has 3 N–H and O–H groups in total. The van der Waals surface area contributed by atoms with E-state index in [2.05, 4.69) is 0 Å². The van der Waals surface area contributed by atoms with Gasteiger partial charge < -0.3 is 10.5 Å². The summed E-state index contributed by atoms with van der Waals surface area (Å²) in [6, 6.07) is 15.8. The van der Waals surface area contributed by atoms with E-state index in [1.54, 1.807) is 12.1 Å². The van der Waals surface area contributed by atoms with Gasteiger partial charge in [-0.3, -0.25) is 9.35 Å². The predicted molar refractivity (Wildman–Crippen MR) is 112 cm³/mol. The fraction of sp³-hybridized carbons (Fsp3) is 0.409. The lowest BCUT2D eigenvalue weighted by Crippen LogP contribution is -2.26. The van der Waals surface area contributed by atoms with E-state index in [0.717, 1.165) is 43.4 Å². The van der Waals surface area contributed by atoms with Crippen molar-refractivity contribution in [3.63, 3.8) is 0 Å². The van der Waals surface area contributed by atoms with E-state index >= 15 is 0 Å². The van der Waals surface area contributed by atoms with Gasteiger partial charge in [0.1, 0.15) is 6.61 Å². The molecule has 0 bridgehead atoms. The topological polar surface area (TPSA) is 107 Å². The van der Waals surface area contributed by atoms with E-state index in [4.69, 9.17) is 15.0 Å². The number of nitrogens with two attached hydrogens (primary N) is 1. The summed E-state index contributed by atoms with van der Waals surface area (Å²) < 4.78 is 34.9. The molecule has 0 spiro atoms. The maximum Gasteiger partial charge on any atom is 0.309 e. The first-order valence-electron chi connectivity index (χ1n) is 9.74. The molecule has 1 aliphatic rings. The highest BCUT2D eigenvalue weighted by Gasteiger charge is 2.26. The van der Waals surface area contributed by atoms with Crippen molar-refractivity contribution in [2.75, 3.05) is 6.54 Å². The highest BCUT2D eigenvalue weighted by molar-refractivity contribution is 7.85. The lowest BCUT2D eigenvalue weighted by atomic mass is 9.82. The number of aryl methyl sites for hydroxylation is 1. The molecule has 1 saturated carbocycles. The first-order valence-corrected chi connectivity index (χ1v) is 11.2. The third kappa shape index (κ3) is 7.97. The lowest BCUT2D eigenvalue weighted by molar-refractivity contribution is -0.151. The molecule has 0 atom stereocenters. The highest BCUT2D eigenvalue weighted by atomic mass is 32.2. The van der Waals surface area contributed by atoms with Crippen molar-refractivity contribution in [1.29, 1.82) is 0 Å². The van der Waals surface area contributed by atoms with Gasteiger partial charge in [0.25, 0.3) is 10.1 Å². The summed E-state index contributed by atoms with van der Waals surface area (Å²) in [4.78, 5) is 11.8. The van der Waals surface area contributed by atoms with Crippen molar-refractivity contribution < 1.29 is 22.5 Å². The molecule has 6 nitrogen and oxygen atoms in total. The van der Waals surface area contributed by atoms with Crippen molar-refractivity contribution in [1.82, 2.24) is 0 Å². The monoisotopic (exact) mass is 419 g/mol. The van der Waals surface area contributed by atoms with Gasteiger partial charge in [-0.15, -0.1) is 0 Å². The molecule has 1 aliphatic carbocycles. The smallest absolute Gasteiger partial charge is 0.309 e. The van der Waals surface area contributed by atoms with E-state index in [-0.39, 0.29) is 16.8 Å². The molecule has 0 aromatic heterocycles. The molecular formula is C22H29NO5S. The van der Waals surface area contributed by atoms with Crippen molar-refractivity contribution in [3.8, 4) is 0 Å². The fourth-order valence-corrected chi connectivity index (χ4v) is 3.67. The third-order valence-corrected chi connectivity index (χ3v) is 5.92. The Morgan fingerprint density at radius 3 is 2.14 bits per heavy atom. The van der Waals surface area contributed by atoms with Crippen LogP contribution in [0.3, 0.4) is 0 Å². The van der Waals surface area contributed by atoms with Gasteiger partial charge in [0, 0.05) is 0 Å². The maximum atomic E-state index is 11.9. The van der Waals surface area contributed by atoms with Gasteiger partial charge in [-0.1, -0.05) is 48.0 Å². The molecule has 158 valence electrons. The second-order valence-corrected chi connectivity index (χ2v) is 8.76. The largest absolute Gasteiger partial charge is 0.461 e. The van der Waals surface area contributed by atoms with Gasteiger partial charge in [0.2, 0.25) is 0 Å². The van der Waals surface area contributed by atoms with Gasteiger partial charge >= 0.3 is 5.97 Å². The quantitative estimate of drug-likeness (QED) is 0.565. The van der Waals surface area contributed by atoms with Crippen LogP contribution in [-0.2, 0) is 26.3 Å². The van der Waals surface area contributed by atoms with Crippen LogP contribution >= 0.6 is 0 Å². The van der Waals surface area contributed by atoms with E-state index in [9.17, 15) is 13.2 Å². The summed E-state index contributed by atoms with van der Waals surface area (Å²) in [5.74, 6) is 0.633. The summed E-state index contributed by atoms with van der Waals surface area (Å²) >= 11 is 0. The Kier molecular flexibility index (Phi) is 8.82. The first kappa shape index (κ1) is 23.1. The van der Waals surface area contributed by atoms with E-state index in [1.165, 1.54) is 12.1 Å². The van der Waals surface area contributed by atoms with E-state index in [1.807, 2.05) is 37.3 Å². The van der Waals surface area contributed by atoms with Gasteiger partial charge in [-0.05, 0) is 62.8 Å². The van der Waals surface area contributed by atoms with Crippen LogP contribution in [0.25, 0.3) is 0 Å². The number of hydrogen-bond donors (Lipinski definition) is 2. The number of rotatable bonds is 5. The Bertz CT molecular complexity index is 858.